The zero-order chi connectivity index (χ0) is 19.4. The van der Waals surface area contributed by atoms with E-state index in [-0.39, 0.29) is 4.90 Å². The van der Waals surface area contributed by atoms with Crippen molar-refractivity contribution in [3.63, 3.8) is 0 Å². The van der Waals surface area contributed by atoms with E-state index < -0.39 is 16.1 Å². The fourth-order valence-electron chi connectivity index (χ4n) is 2.68. The van der Waals surface area contributed by atoms with Crippen molar-refractivity contribution in [3.05, 3.63) is 71.2 Å². The van der Waals surface area contributed by atoms with Crippen molar-refractivity contribution in [3.8, 4) is 11.4 Å². The molecule has 27 heavy (non-hydrogen) atoms. The molecule has 0 radical (unpaired) electrons. The third-order valence-electron chi connectivity index (χ3n) is 4.02. The van der Waals surface area contributed by atoms with Gasteiger partial charge in [0.2, 0.25) is 10.0 Å². The van der Waals surface area contributed by atoms with Crippen LogP contribution in [-0.2, 0) is 10.0 Å². The number of nitrogens with one attached hydrogen (secondary N) is 1. The molecule has 0 fully saturated rings. The smallest absolute Gasteiger partial charge is 0.244 e. The minimum atomic E-state index is -3.76. The molecule has 0 bridgehead atoms. The molecule has 1 N–H and O–H groups in total. The van der Waals surface area contributed by atoms with Crippen LogP contribution >= 0.6 is 15.9 Å². The molecule has 0 spiro atoms. The highest BCUT2D eigenvalue weighted by Gasteiger charge is 2.23. The van der Waals surface area contributed by atoms with Crippen LogP contribution in [0, 0.1) is 0 Å². The Balaban J connectivity index is 1.82. The number of hydrogen-bond donors (Lipinski definition) is 1. The number of halogens is 1. The minimum Gasteiger partial charge on any atom is -0.492 e. The first-order valence-electron chi connectivity index (χ1n) is 8.43. The monoisotopic (exact) mass is 449 g/mol. The van der Waals surface area contributed by atoms with E-state index in [1.165, 1.54) is 0 Å². The van der Waals surface area contributed by atoms with Gasteiger partial charge in [0, 0.05) is 28.6 Å². The highest BCUT2D eigenvalue weighted by molar-refractivity contribution is 9.10. The van der Waals surface area contributed by atoms with Crippen LogP contribution < -0.4 is 9.46 Å². The predicted molar refractivity (Wildman–Crippen MR) is 108 cm³/mol. The molecule has 1 unspecified atom stereocenters. The van der Waals surface area contributed by atoms with Crippen molar-refractivity contribution >= 4 is 26.0 Å². The number of nitrogens with zero attached hydrogens (tertiary/aromatic N) is 2. The van der Waals surface area contributed by atoms with E-state index in [9.17, 15) is 8.42 Å². The largest absolute Gasteiger partial charge is 0.492 e. The van der Waals surface area contributed by atoms with Crippen LogP contribution in [0.25, 0.3) is 5.69 Å². The number of benzene rings is 2. The highest BCUT2D eigenvalue weighted by Crippen LogP contribution is 2.29. The van der Waals surface area contributed by atoms with E-state index in [1.807, 2.05) is 48.9 Å². The molecule has 0 aliphatic heterocycles. The lowest BCUT2D eigenvalue weighted by atomic mass is 10.1. The number of aromatic nitrogens is 2. The second-order valence-corrected chi connectivity index (χ2v) is 8.53. The van der Waals surface area contributed by atoms with Crippen LogP contribution in [-0.4, -0.2) is 24.6 Å². The molecular formula is C19H20BrN3O3S. The van der Waals surface area contributed by atoms with Gasteiger partial charge in [-0.1, -0.05) is 28.1 Å². The van der Waals surface area contributed by atoms with Crippen LogP contribution in [0.5, 0.6) is 5.75 Å². The van der Waals surface area contributed by atoms with E-state index in [0.717, 1.165) is 11.3 Å². The molecule has 2 aromatic carbocycles. The van der Waals surface area contributed by atoms with Gasteiger partial charge in [-0.05, 0) is 49.7 Å². The summed E-state index contributed by atoms with van der Waals surface area (Å²) >= 11 is 3.32. The molecule has 8 heteroatoms. The predicted octanol–water partition coefficient (Wildman–Crippen LogP) is 4.07. The lowest BCUT2D eigenvalue weighted by Crippen LogP contribution is -2.27. The van der Waals surface area contributed by atoms with Gasteiger partial charge in [0.05, 0.1) is 12.9 Å². The number of hydrogen-bond acceptors (Lipinski definition) is 4. The van der Waals surface area contributed by atoms with Crippen LogP contribution in [0.4, 0.5) is 0 Å². The van der Waals surface area contributed by atoms with Crippen molar-refractivity contribution in [2.75, 3.05) is 6.61 Å². The van der Waals surface area contributed by atoms with E-state index >= 15 is 0 Å². The average molecular weight is 450 g/mol. The summed E-state index contributed by atoms with van der Waals surface area (Å²) in [6, 6.07) is 12.2. The zero-order valence-electron chi connectivity index (χ0n) is 15.0. The summed E-state index contributed by atoms with van der Waals surface area (Å²) in [5, 5.41) is 0. The molecule has 0 saturated heterocycles. The summed E-state index contributed by atoms with van der Waals surface area (Å²) in [6.45, 7) is 4.01. The van der Waals surface area contributed by atoms with Gasteiger partial charge in [-0.15, -0.1) is 0 Å². The van der Waals surface area contributed by atoms with Gasteiger partial charge < -0.3 is 9.30 Å². The molecular weight excluding hydrogens is 430 g/mol. The first-order valence-corrected chi connectivity index (χ1v) is 10.7. The van der Waals surface area contributed by atoms with Crippen molar-refractivity contribution in [2.24, 2.45) is 0 Å². The van der Waals surface area contributed by atoms with Crippen molar-refractivity contribution in [1.29, 1.82) is 0 Å². The first kappa shape index (κ1) is 19.6. The Morgan fingerprint density at radius 3 is 2.59 bits per heavy atom. The van der Waals surface area contributed by atoms with Crippen LogP contribution in [0.15, 0.2) is 70.6 Å². The molecule has 1 aromatic heterocycles. The maximum Gasteiger partial charge on any atom is 0.244 e. The second kappa shape index (κ2) is 8.24. The fourth-order valence-corrected chi connectivity index (χ4v) is 4.59. The van der Waals surface area contributed by atoms with Gasteiger partial charge in [-0.25, -0.2) is 18.1 Å². The average Bonchev–Trinajstić information content (AvgIpc) is 3.18. The van der Waals surface area contributed by atoms with Crippen molar-refractivity contribution in [2.45, 2.75) is 24.8 Å². The van der Waals surface area contributed by atoms with E-state index in [4.69, 9.17) is 4.74 Å². The van der Waals surface area contributed by atoms with Crippen LogP contribution in [0.3, 0.4) is 0 Å². The molecule has 0 amide bonds. The number of rotatable bonds is 7. The van der Waals surface area contributed by atoms with Gasteiger partial charge >= 0.3 is 0 Å². The molecule has 3 aromatic rings. The van der Waals surface area contributed by atoms with Gasteiger partial charge in [0.15, 0.2) is 0 Å². The highest BCUT2D eigenvalue weighted by atomic mass is 79.9. The summed E-state index contributed by atoms with van der Waals surface area (Å²) in [6.07, 6.45) is 5.27. The lowest BCUT2D eigenvalue weighted by molar-refractivity contribution is 0.331. The Morgan fingerprint density at radius 1 is 1.22 bits per heavy atom. The molecule has 0 aliphatic rings. The third kappa shape index (κ3) is 4.58. The van der Waals surface area contributed by atoms with E-state index in [0.29, 0.717) is 16.8 Å². The topological polar surface area (TPSA) is 73.2 Å². The minimum absolute atomic E-state index is 0.112. The maximum absolute atomic E-state index is 12.9. The SMILES string of the molecule is CCOc1ccc(Br)cc1S(=O)(=O)NC(C)c1ccc(-n2ccnc2)cc1. The molecule has 6 nitrogen and oxygen atoms in total. The Hall–Kier alpha value is -2.16. The first-order chi connectivity index (χ1) is 12.9. The molecule has 1 heterocycles. The van der Waals surface area contributed by atoms with Gasteiger partial charge in [0.25, 0.3) is 0 Å². The van der Waals surface area contributed by atoms with Crippen molar-refractivity contribution in [1.82, 2.24) is 14.3 Å². The summed E-state index contributed by atoms with van der Waals surface area (Å²) in [4.78, 5) is 4.14. The van der Waals surface area contributed by atoms with Gasteiger partial charge in [0.1, 0.15) is 10.6 Å². The Morgan fingerprint density at radius 2 is 1.96 bits per heavy atom. The maximum atomic E-state index is 12.9. The number of imidazole rings is 1. The standard InChI is InChI=1S/C19H20BrN3O3S/c1-3-26-18-9-6-16(20)12-19(18)27(24,25)22-14(2)15-4-7-17(8-5-15)23-11-10-21-13-23/h4-14,22H,3H2,1-2H3. The number of sulfonamides is 1. The normalized spacial score (nSPS) is 12.7. The van der Waals surface area contributed by atoms with Crippen LogP contribution in [0.1, 0.15) is 25.5 Å². The number of ether oxygens (including phenoxy) is 1. The summed E-state index contributed by atoms with van der Waals surface area (Å²) in [7, 11) is -3.76. The zero-order valence-corrected chi connectivity index (χ0v) is 17.4. The molecule has 0 aliphatic carbocycles. The second-order valence-electron chi connectivity index (χ2n) is 5.93. The lowest BCUT2D eigenvalue weighted by Gasteiger charge is -2.17. The molecule has 1 atom stereocenters. The van der Waals surface area contributed by atoms with Gasteiger partial charge in [-0.3, -0.25) is 0 Å². The van der Waals surface area contributed by atoms with Gasteiger partial charge in [-0.2, -0.15) is 0 Å². The Kier molecular flexibility index (Phi) is 5.98. The van der Waals surface area contributed by atoms with Crippen LogP contribution in [0.2, 0.25) is 0 Å². The third-order valence-corrected chi connectivity index (χ3v) is 6.08. The summed E-state index contributed by atoms with van der Waals surface area (Å²) in [5.41, 5.74) is 1.81. The molecule has 3 rings (SSSR count). The Labute approximate surface area is 167 Å². The van der Waals surface area contributed by atoms with E-state index in [1.54, 1.807) is 30.7 Å². The molecule has 0 saturated carbocycles. The summed E-state index contributed by atoms with van der Waals surface area (Å²) in [5.74, 6) is 0.329. The van der Waals surface area contributed by atoms with Crippen molar-refractivity contribution < 1.29 is 13.2 Å². The van der Waals surface area contributed by atoms with E-state index in [2.05, 4.69) is 25.6 Å². The fraction of sp³-hybridized carbons (Fsp3) is 0.211. The summed E-state index contributed by atoms with van der Waals surface area (Å²) < 4.78 is 36.5. The molecule has 142 valence electrons. The quantitative estimate of drug-likeness (QED) is 0.589. The Bertz CT molecular complexity index is 1000.